The summed E-state index contributed by atoms with van der Waals surface area (Å²) in [5.74, 6) is 1.54. The van der Waals surface area contributed by atoms with Gasteiger partial charge >= 0.3 is 0 Å². The molecule has 0 bridgehead atoms. The predicted octanol–water partition coefficient (Wildman–Crippen LogP) is 1.35. The Kier molecular flexibility index (Phi) is 3.26. The van der Waals surface area contributed by atoms with Gasteiger partial charge < -0.3 is 15.6 Å². The molecule has 1 saturated carbocycles. The maximum Gasteiger partial charge on any atom is 0.202 e. The molecule has 0 amide bonds. The largest absolute Gasteiger partial charge is 0.355 e. The molecule has 0 aromatic carbocycles. The first-order chi connectivity index (χ1) is 7.27. The number of nitrogens with zero attached hydrogens (tertiary/aromatic N) is 2. The molecule has 2 atom stereocenters. The second kappa shape index (κ2) is 4.66. The molecular weight excluding hydrogens is 188 g/mol. The monoisotopic (exact) mass is 208 g/mol. The SMILES string of the molecule is Cn1ccnc1NCC1CCCCC1N. The molecule has 15 heavy (non-hydrogen) atoms. The average Bonchev–Trinajstić information content (AvgIpc) is 2.63. The summed E-state index contributed by atoms with van der Waals surface area (Å²) in [6.07, 6.45) is 8.79. The minimum absolute atomic E-state index is 0.367. The van der Waals surface area contributed by atoms with E-state index in [1.54, 1.807) is 0 Å². The van der Waals surface area contributed by atoms with Gasteiger partial charge in [0, 0.05) is 32.0 Å². The lowest BCUT2D eigenvalue weighted by Crippen LogP contribution is -2.37. The van der Waals surface area contributed by atoms with Crippen LogP contribution in [-0.2, 0) is 7.05 Å². The summed E-state index contributed by atoms with van der Waals surface area (Å²) in [6, 6.07) is 0.367. The standard InChI is InChI=1S/C11H20N4/c1-15-7-6-13-11(15)14-8-9-4-2-3-5-10(9)12/h6-7,9-10H,2-5,8,12H2,1H3,(H,13,14). The van der Waals surface area contributed by atoms with Crippen molar-refractivity contribution in [1.82, 2.24) is 9.55 Å². The predicted molar refractivity (Wildman–Crippen MR) is 61.6 cm³/mol. The van der Waals surface area contributed by atoms with E-state index in [4.69, 9.17) is 5.73 Å². The van der Waals surface area contributed by atoms with E-state index in [-0.39, 0.29) is 0 Å². The van der Waals surface area contributed by atoms with Gasteiger partial charge in [-0.2, -0.15) is 0 Å². The summed E-state index contributed by atoms with van der Waals surface area (Å²) in [7, 11) is 2.00. The Morgan fingerprint density at radius 2 is 2.33 bits per heavy atom. The number of hydrogen-bond acceptors (Lipinski definition) is 3. The first-order valence-electron chi connectivity index (χ1n) is 5.74. The normalized spacial score (nSPS) is 26.5. The van der Waals surface area contributed by atoms with Gasteiger partial charge in [0.1, 0.15) is 0 Å². The van der Waals surface area contributed by atoms with Crippen molar-refractivity contribution in [2.45, 2.75) is 31.7 Å². The highest BCUT2D eigenvalue weighted by Crippen LogP contribution is 2.23. The molecule has 4 heteroatoms. The molecule has 1 fully saturated rings. The first-order valence-corrected chi connectivity index (χ1v) is 5.74. The minimum Gasteiger partial charge on any atom is -0.355 e. The van der Waals surface area contributed by atoms with Crippen LogP contribution in [0.25, 0.3) is 0 Å². The highest BCUT2D eigenvalue weighted by molar-refractivity contribution is 5.25. The van der Waals surface area contributed by atoms with Gasteiger partial charge in [0.15, 0.2) is 0 Å². The van der Waals surface area contributed by atoms with E-state index in [9.17, 15) is 0 Å². The summed E-state index contributed by atoms with van der Waals surface area (Å²) in [4.78, 5) is 4.24. The molecule has 0 radical (unpaired) electrons. The summed E-state index contributed by atoms with van der Waals surface area (Å²) >= 11 is 0. The third-order valence-corrected chi connectivity index (χ3v) is 3.31. The van der Waals surface area contributed by atoms with Crippen molar-refractivity contribution < 1.29 is 0 Å². The minimum atomic E-state index is 0.367. The van der Waals surface area contributed by atoms with Crippen LogP contribution in [0.15, 0.2) is 12.4 Å². The van der Waals surface area contributed by atoms with Crippen molar-refractivity contribution in [2.24, 2.45) is 18.7 Å². The smallest absolute Gasteiger partial charge is 0.202 e. The number of aromatic nitrogens is 2. The second-order valence-electron chi connectivity index (χ2n) is 4.45. The van der Waals surface area contributed by atoms with Crippen LogP contribution >= 0.6 is 0 Å². The summed E-state index contributed by atoms with van der Waals surface area (Å²) in [5.41, 5.74) is 6.09. The number of aryl methyl sites for hydroxylation is 1. The molecule has 1 aliphatic carbocycles. The lowest BCUT2D eigenvalue weighted by atomic mass is 9.85. The molecule has 1 aromatic rings. The molecule has 84 valence electrons. The summed E-state index contributed by atoms with van der Waals surface area (Å²) in [6.45, 7) is 0.950. The Hall–Kier alpha value is -1.03. The van der Waals surface area contributed by atoms with Crippen LogP contribution in [0.3, 0.4) is 0 Å². The number of hydrogen-bond donors (Lipinski definition) is 2. The number of anilines is 1. The van der Waals surface area contributed by atoms with Gasteiger partial charge in [-0.1, -0.05) is 12.8 Å². The Balaban J connectivity index is 1.84. The van der Waals surface area contributed by atoms with Gasteiger partial charge in [-0.3, -0.25) is 0 Å². The lowest BCUT2D eigenvalue weighted by Gasteiger charge is -2.28. The van der Waals surface area contributed by atoms with Crippen LogP contribution in [0.1, 0.15) is 25.7 Å². The summed E-state index contributed by atoms with van der Waals surface area (Å²) in [5, 5.41) is 3.36. The van der Waals surface area contributed by atoms with Gasteiger partial charge in [-0.15, -0.1) is 0 Å². The maximum atomic E-state index is 6.09. The Labute approximate surface area is 90.9 Å². The highest BCUT2D eigenvalue weighted by Gasteiger charge is 2.21. The number of nitrogens with two attached hydrogens (primary N) is 1. The lowest BCUT2D eigenvalue weighted by molar-refractivity contribution is 0.320. The van der Waals surface area contributed by atoms with Crippen molar-refractivity contribution in [3.8, 4) is 0 Å². The van der Waals surface area contributed by atoms with Gasteiger partial charge in [0.2, 0.25) is 5.95 Å². The van der Waals surface area contributed by atoms with E-state index in [1.165, 1.54) is 25.7 Å². The quantitative estimate of drug-likeness (QED) is 0.788. The molecule has 0 spiro atoms. The topological polar surface area (TPSA) is 55.9 Å². The maximum absolute atomic E-state index is 6.09. The Morgan fingerprint density at radius 3 is 3.00 bits per heavy atom. The van der Waals surface area contributed by atoms with Crippen molar-refractivity contribution in [3.63, 3.8) is 0 Å². The molecule has 0 saturated heterocycles. The van der Waals surface area contributed by atoms with Crippen molar-refractivity contribution in [3.05, 3.63) is 12.4 Å². The van der Waals surface area contributed by atoms with Crippen molar-refractivity contribution in [2.75, 3.05) is 11.9 Å². The molecule has 2 unspecified atom stereocenters. The van der Waals surface area contributed by atoms with Crippen LogP contribution in [0.4, 0.5) is 5.95 Å². The van der Waals surface area contributed by atoms with Crippen molar-refractivity contribution in [1.29, 1.82) is 0 Å². The molecular formula is C11H20N4. The van der Waals surface area contributed by atoms with Crippen LogP contribution in [0.2, 0.25) is 0 Å². The first kappa shape index (κ1) is 10.5. The van der Waals surface area contributed by atoms with Crippen LogP contribution < -0.4 is 11.1 Å². The number of rotatable bonds is 3. The van der Waals surface area contributed by atoms with E-state index < -0.39 is 0 Å². The third-order valence-electron chi connectivity index (χ3n) is 3.31. The number of nitrogens with one attached hydrogen (secondary N) is 1. The molecule has 2 rings (SSSR count). The zero-order chi connectivity index (χ0) is 10.7. The average molecular weight is 208 g/mol. The molecule has 1 aliphatic rings. The molecule has 4 nitrogen and oxygen atoms in total. The Morgan fingerprint density at radius 1 is 1.53 bits per heavy atom. The van der Waals surface area contributed by atoms with Crippen molar-refractivity contribution >= 4 is 5.95 Å². The van der Waals surface area contributed by atoms with Crippen LogP contribution in [0, 0.1) is 5.92 Å². The fourth-order valence-electron chi connectivity index (χ4n) is 2.25. The van der Waals surface area contributed by atoms with Crippen LogP contribution in [-0.4, -0.2) is 22.1 Å². The second-order valence-corrected chi connectivity index (χ2v) is 4.45. The fourth-order valence-corrected chi connectivity index (χ4v) is 2.25. The zero-order valence-electron chi connectivity index (χ0n) is 9.32. The van der Waals surface area contributed by atoms with E-state index in [2.05, 4.69) is 10.3 Å². The van der Waals surface area contributed by atoms with Gasteiger partial charge in [0.05, 0.1) is 0 Å². The zero-order valence-corrected chi connectivity index (χ0v) is 9.32. The van der Waals surface area contributed by atoms with E-state index in [0.29, 0.717) is 12.0 Å². The van der Waals surface area contributed by atoms with E-state index in [0.717, 1.165) is 12.5 Å². The van der Waals surface area contributed by atoms with E-state index in [1.807, 2.05) is 24.0 Å². The van der Waals surface area contributed by atoms with Gasteiger partial charge in [-0.25, -0.2) is 4.98 Å². The fraction of sp³-hybridized carbons (Fsp3) is 0.727. The van der Waals surface area contributed by atoms with Crippen LogP contribution in [0.5, 0.6) is 0 Å². The Bertz CT molecular complexity index is 307. The highest BCUT2D eigenvalue weighted by atomic mass is 15.2. The molecule has 3 N–H and O–H groups in total. The summed E-state index contributed by atoms with van der Waals surface area (Å²) < 4.78 is 1.99. The third kappa shape index (κ3) is 2.50. The van der Waals surface area contributed by atoms with Gasteiger partial charge in [-0.05, 0) is 18.8 Å². The molecule has 1 aromatic heterocycles. The molecule has 1 heterocycles. The molecule has 0 aliphatic heterocycles. The number of imidazole rings is 1. The van der Waals surface area contributed by atoms with Gasteiger partial charge in [0.25, 0.3) is 0 Å². The van der Waals surface area contributed by atoms with E-state index >= 15 is 0 Å².